The smallest absolute Gasteiger partial charge is 0.270 e. The Balaban J connectivity index is 1.67. The summed E-state index contributed by atoms with van der Waals surface area (Å²) in [4.78, 5) is 27.5. The van der Waals surface area contributed by atoms with Crippen LogP contribution in [0.25, 0.3) is 16.9 Å². The third-order valence-electron chi connectivity index (χ3n) is 4.22. The molecule has 4 aromatic rings. The fourth-order valence-corrected chi connectivity index (χ4v) is 3.13. The van der Waals surface area contributed by atoms with Gasteiger partial charge in [0.2, 0.25) is 0 Å². The second-order valence-corrected chi connectivity index (χ2v) is 6.42. The van der Waals surface area contributed by atoms with Gasteiger partial charge in [-0.25, -0.2) is 4.98 Å². The van der Waals surface area contributed by atoms with E-state index in [9.17, 15) is 14.9 Å². The Hall–Kier alpha value is -3.71. The lowest BCUT2D eigenvalue weighted by atomic mass is 10.1. The highest BCUT2D eigenvalue weighted by molar-refractivity contribution is 6.34. The highest BCUT2D eigenvalue weighted by Crippen LogP contribution is 2.29. The van der Waals surface area contributed by atoms with Crippen LogP contribution in [0.3, 0.4) is 0 Å². The van der Waals surface area contributed by atoms with Gasteiger partial charge in [-0.2, -0.15) is 0 Å². The number of benzene rings is 2. The number of nitrogens with one attached hydrogen (secondary N) is 1. The van der Waals surface area contributed by atoms with Crippen LogP contribution in [0.15, 0.2) is 73.1 Å². The highest BCUT2D eigenvalue weighted by atomic mass is 35.5. The van der Waals surface area contributed by atoms with Gasteiger partial charge in [-0.05, 0) is 24.3 Å². The Labute approximate surface area is 164 Å². The van der Waals surface area contributed by atoms with Crippen molar-refractivity contribution in [1.82, 2.24) is 9.38 Å². The Kier molecular flexibility index (Phi) is 4.50. The SMILES string of the molecule is O=C(Nc1ccccc1-c1cn2ccccc2n1)c1ccc([N+](=O)[O-])cc1Cl. The Morgan fingerprint density at radius 1 is 1.11 bits per heavy atom. The summed E-state index contributed by atoms with van der Waals surface area (Å²) in [6.45, 7) is 0. The minimum absolute atomic E-state index is 0.0110. The molecule has 2 heterocycles. The number of nitrogens with zero attached hydrogens (tertiary/aromatic N) is 3. The number of pyridine rings is 1. The van der Waals surface area contributed by atoms with Gasteiger partial charge in [0.1, 0.15) is 5.65 Å². The first kappa shape index (κ1) is 17.7. The van der Waals surface area contributed by atoms with E-state index in [-0.39, 0.29) is 16.3 Å². The zero-order valence-corrected chi connectivity index (χ0v) is 15.1. The average molecular weight is 393 g/mol. The average Bonchev–Trinajstić information content (AvgIpc) is 3.12. The number of carbonyl (C=O) groups excluding carboxylic acids is 1. The molecule has 7 nitrogen and oxygen atoms in total. The molecule has 0 radical (unpaired) electrons. The normalized spacial score (nSPS) is 10.8. The largest absolute Gasteiger partial charge is 0.321 e. The lowest BCUT2D eigenvalue weighted by Crippen LogP contribution is -2.13. The van der Waals surface area contributed by atoms with Gasteiger partial charge in [0.25, 0.3) is 11.6 Å². The Morgan fingerprint density at radius 2 is 1.89 bits per heavy atom. The number of carbonyl (C=O) groups is 1. The van der Waals surface area contributed by atoms with Gasteiger partial charge in [-0.1, -0.05) is 35.9 Å². The molecule has 0 bridgehead atoms. The number of amides is 1. The maximum absolute atomic E-state index is 12.7. The van der Waals surface area contributed by atoms with E-state index in [4.69, 9.17) is 11.6 Å². The number of anilines is 1. The second kappa shape index (κ2) is 7.13. The standard InChI is InChI=1S/C20H13ClN4O3/c21-16-11-13(25(27)28)8-9-14(16)20(26)23-17-6-2-1-5-15(17)18-12-24-10-4-3-7-19(24)22-18/h1-12H,(H,23,26). The van der Waals surface area contributed by atoms with Crippen LogP contribution in [-0.2, 0) is 0 Å². The van der Waals surface area contributed by atoms with Crippen molar-refractivity contribution in [2.45, 2.75) is 0 Å². The van der Waals surface area contributed by atoms with Crippen molar-refractivity contribution >= 4 is 34.5 Å². The number of non-ortho nitro benzene ring substituents is 1. The maximum Gasteiger partial charge on any atom is 0.270 e. The third kappa shape index (κ3) is 3.30. The van der Waals surface area contributed by atoms with E-state index in [2.05, 4.69) is 10.3 Å². The molecule has 1 amide bonds. The Bertz CT molecular complexity index is 1190. The molecular weight excluding hydrogens is 380 g/mol. The topological polar surface area (TPSA) is 89.5 Å². The summed E-state index contributed by atoms with van der Waals surface area (Å²) in [7, 11) is 0. The highest BCUT2D eigenvalue weighted by Gasteiger charge is 2.17. The van der Waals surface area contributed by atoms with E-state index in [0.717, 1.165) is 17.3 Å². The van der Waals surface area contributed by atoms with Crippen LogP contribution >= 0.6 is 11.6 Å². The van der Waals surface area contributed by atoms with Crippen molar-refractivity contribution in [3.8, 4) is 11.3 Å². The molecule has 0 atom stereocenters. The van der Waals surface area contributed by atoms with Gasteiger partial charge in [0, 0.05) is 30.1 Å². The first-order valence-corrected chi connectivity index (χ1v) is 8.69. The summed E-state index contributed by atoms with van der Waals surface area (Å²) in [5.41, 5.74) is 2.78. The molecule has 8 heteroatoms. The van der Waals surface area contributed by atoms with Crippen LogP contribution in [-0.4, -0.2) is 20.2 Å². The summed E-state index contributed by atoms with van der Waals surface area (Å²) in [5, 5.41) is 13.7. The van der Waals surface area contributed by atoms with Crippen LogP contribution in [0.1, 0.15) is 10.4 Å². The minimum Gasteiger partial charge on any atom is -0.321 e. The van der Waals surface area contributed by atoms with Crippen molar-refractivity contribution in [3.63, 3.8) is 0 Å². The van der Waals surface area contributed by atoms with Crippen LogP contribution in [0.4, 0.5) is 11.4 Å². The lowest BCUT2D eigenvalue weighted by Gasteiger charge is -2.10. The molecule has 1 N–H and O–H groups in total. The first-order chi connectivity index (χ1) is 13.5. The lowest BCUT2D eigenvalue weighted by molar-refractivity contribution is -0.384. The molecule has 0 unspecified atom stereocenters. The van der Waals surface area contributed by atoms with Crippen molar-refractivity contribution in [3.05, 3.63) is 93.8 Å². The summed E-state index contributed by atoms with van der Waals surface area (Å²) in [6, 6.07) is 16.7. The summed E-state index contributed by atoms with van der Waals surface area (Å²) < 4.78 is 1.89. The molecule has 0 aliphatic heterocycles. The van der Waals surface area contributed by atoms with E-state index in [1.807, 2.05) is 47.1 Å². The number of rotatable bonds is 4. The number of nitro benzene ring substituents is 1. The van der Waals surface area contributed by atoms with Crippen LogP contribution in [0.5, 0.6) is 0 Å². The number of imidazole rings is 1. The molecule has 4 rings (SSSR count). The van der Waals surface area contributed by atoms with E-state index in [0.29, 0.717) is 11.4 Å². The van der Waals surface area contributed by atoms with Gasteiger partial charge < -0.3 is 9.72 Å². The number of aromatic nitrogens is 2. The second-order valence-electron chi connectivity index (χ2n) is 6.01. The van der Waals surface area contributed by atoms with Gasteiger partial charge in [-0.15, -0.1) is 0 Å². The molecule has 138 valence electrons. The van der Waals surface area contributed by atoms with Crippen molar-refractivity contribution in [2.24, 2.45) is 0 Å². The van der Waals surface area contributed by atoms with E-state index < -0.39 is 10.8 Å². The van der Waals surface area contributed by atoms with E-state index >= 15 is 0 Å². The number of fused-ring (bicyclic) bond motifs is 1. The molecule has 0 fully saturated rings. The number of halogens is 1. The fraction of sp³-hybridized carbons (Fsp3) is 0. The van der Waals surface area contributed by atoms with Crippen LogP contribution < -0.4 is 5.32 Å². The van der Waals surface area contributed by atoms with E-state index in [1.54, 1.807) is 12.1 Å². The molecule has 2 aromatic carbocycles. The van der Waals surface area contributed by atoms with Gasteiger partial charge in [0.15, 0.2) is 0 Å². The van der Waals surface area contributed by atoms with E-state index in [1.165, 1.54) is 12.1 Å². The Morgan fingerprint density at radius 3 is 2.64 bits per heavy atom. The number of hydrogen-bond acceptors (Lipinski definition) is 4. The summed E-state index contributed by atoms with van der Waals surface area (Å²) in [5.74, 6) is -0.462. The van der Waals surface area contributed by atoms with Crippen LogP contribution in [0, 0.1) is 10.1 Å². The third-order valence-corrected chi connectivity index (χ3v) is 4.54. The molecule has 0 aliphatic carbocycles. The first-order valence-electron chi connectivity index (χ1n) is 8.31. The predicted molar refractivity (Wildman–Crippen MR) is 107 cm³/mol. The molecule has 28 heavy (non-hydrogen) atoms. The van der Waals surface area contributed by atoms with Crippen molar-refractivity contribution < 1.29 is 9.72 Å². The number of hydrogen-bond donors (Lipinski definition) is 1. The van der Waals surface area contributed by atoms with Crippen molar-refractivity contribution in [2.75, 3.05) is 5.32 Å². The van der Waals surface area contributed by atoms with Crippen LogP contribution in [0.2, 0.25) is 5.02 Å². The minimum atomic E-state index is -0.563. The zero-order valence-electron chi connectivity index (χ0n) is 14.4. The molecule has 0 spiro atoms. The number of para-hydroxylation sites is 1. The fourth-order valence-electron chi connectivity index (χ4n) is 2.87. The van der Waals surface area contributed by atoms with Gasteiger partial charge >= 0.3 is 0 Å². The zero-order chi connectivity index (χ0) is 19.7. The molecule has 0 saturated heterocycles. The summed E-state index contributed by atoms with van der Waals surface area (Å²) in [6.07, 6.45) is 3.77. The molecule has 0 saturated carbocycles. The number of nitro groups is 1. The predicted octanol–water partition coefficient (Wildman–Crippen LogP) is 4.82. The monoisotopic (exact) mass is 392 g/mol. The quantitative estimate of drug-likeness (QED) is 0.398. The van der Waals surface area contributed by atoms with Gasteiger partial charge in [-0.3, -0.25) is 14.9 Å². The molecular formula is C20H13ClN4O3. The maximum atomic E-state index is 12.7. The molecule has 0 aliphatic rings. The molecule has 2 aromatic heterocycles. The van der Waals surface area contributed by atoms with Gasteiger partial charge in [0.05, 0.1) is 26.9 Å². The summed E-state index contributed by atoms with van der Waals surface area (Å²) >= 11 is 6.06. The van der Waals surface area contributed by atoms with Crippen molar-refractivity contribution in [1.29, 1.82) is 0 Å².